The number of nitrogens with zero attached hydrogens (tertiary/aromatic N) is 1. The third kappa shape index (κ3) is 4.47. The van der Waals surface area contributed by atoms with E-state index in [1.54, 1.807) is 0 Å². The predicted molar refractivity (Wildman–Crippen MR) is 89.6 cm³/mol. The Labute approximate surface area is 129 Å². The summed E-state index contributed by atoms with van der Waals surface area (Å²) in [6.45, 7) is 14.4. The molecule has 0 fully saturated rings. The van der Waals surface area contributed by atoms with Gasteiger partial charge in [0.25, 0.3) is 0 Å². The molecule has 1 unspecified atom stereocenters. The molecule has 3 heteroatoms. The highest BCUT2D eigenvalue weighted by molar-refractivity contribution is 6.30. The lowest BCUT2D eigenvalue weighted by Gasteiger charge is -2.44. The molecule has 1 aromatic rings. The minimum Gasteiger partial charge on any atom is -0.312 e. The second-order valence-corrected chi connectivity index (χ2v) is 6.21. The molecule has 2 nitrogen and oxygen atoms in total. The smallest absolute Gasteiger partial charge is 0.0408 e. The van der Waals surface area contributed by atoms with E-state index in [4.69, 9.17) is 11.6 Å². The zero-order valence-corrected chi connectivity index (χ0v) is 14.3. The molecule has 0 aliphatic heterocycles. The molecular formula is C17H29ClN2. The van der Waals surface area contributed by atoms with E-state index >= 15 is 0 Å². The number of halogens is 1. The molecule has 0 spiro atoms. The third-order valence-corrected chi connectivity index (χ3v) is 4.45. The van der Waals surface area contributed by atoms with Crippen molar-refractivity contribution in [2.24, 2.45) is 0 Å². The van der Waals surface area contributed by atoms with Crippen LogP contribution in [0.1, 0.15) is 40.2 Å². The number of hydrogen-bond acceptors (Lipinski definition) is 2. The number of likely N-dealkylation sites (N-methyl/N-ethyl adjacent to an activating group) is 2. The molecule has 1 aromatic carbocycles. The number of rotatable bonds is 8. The zero-order chi connectivity index (χ0) is 15.2. The van der Waals surface area contributed by atoms with Gasteiger partial charge >= 0.3 is 0 Å². The molecule has 114 valence electrons. The van der Waals surface area contributed by atoms with Crippen LogP contribution in [-0.2, 0) is 6.42 Å². The largest absolute Gasteiger partial charge is 0.312 e. The quantitative estimate of drug-likeness (QED) is 0.780. The summed E-state index contributed by atoms with van der Waals surface area (Å²) in [6, 6.07) is 8.61. The molecule has 0 saturated heterocycles. The Morgan fingerprint density at radius 1 is 1.20 bits per heavy atom. The van der Waals surface area contributed by atoms with E-state index < -0.39 is 0 Å². The topological polar surface area (TPSA) is 15.3 Å². The van der Waals surface area contributed by atoms with Crippen molar-refractivity contribution in [3.63, 3.8) is 0 Å². The highest BCUT2D eigenvalue weighted by Crippen LogP contribution is 2.23. The van der Waals surface area contributed by atoms with Gasteiger partial charge in [0.15, 0.2) is 0 Å². The van der Waals surface area contributed by atoms with Gasteiger partial charge in [0.1, 0.15) is 0 Å². The molecule has 0 bridgehead atoms. The van der Waals surface area contributed by atoms with Crippen LogP contribution in [0.15, 0.2) is 24.3 Å². The van der Waals surface area contributed by atoms with Gasteiger partial charge in [0.2, 0.25) is 0 Å². The lowest BCUT2D eigenvalue weighted by molar-refractivity contribution is 0.0918. The molecule has 0 aliphatic carbocycles. The Kier molecular flexibility index (Phi) is 7.01. The molecule has 0 saturated carbocycles. The summed E-state index contributed by atoms with van der Waals surface area (Å²) in [5.41, 5.74) is 1.41. The van der Waals surface area contributed by atoms with Crippen molar-refractivity contribution in [2.75, 3.05) is 19.6 Å². The second-order valence-electron chi connectivity index (χ2n) is 5.77. The summed E-state index contributed by atoms with van der Waals surface area (Å²) in [7, 11) is 0. The van der Waals surface area contributed by atoms with Gasteiger partial charge in [0, 0.05) is 16.6 Å². The van der Waals surface area contributed by atoms with Gasteiger partial charge in [-0.1, -0.05) is 44.5 Å². The molecule has 0 amide bonds. The van der Waals surface area contributed by atoms with Crippen molar-refractivity contribution >= 4 is 11.6 Å². The third-order valence-electron chi connectivity index (χ3n) is 4.21. The van der Waals surface area contributed by atoms with Crippen molar-refractivity contribution in [3.05, 3.63) is 34.9 Å². The van der Waals surface area contributed by atoms with Crippen molar-refractivity contribution < 1.29 is 0 Å². The van der Waals surface area contributed by atoms with Crippen LogP contribution < -0.4 is 5.32 Å². The van der Waals surface area contributed by atoms with Crippen LogP contribution in [0.5, 0.6) is 0 Å². The van der Waals surface area contributed by atoms with Crippen molar-refractivity contribution in [1.29, 1.82) is 0 Å². The lowest BCUT2D eigenvalue weighted by atomic mass is 9.87. The van der Waals surface area contributed by atoms with Crippen LogP contribution in [0.2, 0.25) is 5.02 Å². The van der Waals surface area contributed by atoms with E-state index in [0.717, 1.165) is 31.1 Å². The Balaban J connectivity index is 2.92. The minimum absolute atomic E-state index is 0.113. The fraction of sp³-hybridized carbons (Fsp3) is 0.647. The first kappa shape index (κ1) is 17.5. The first-order chi connectivity index (χ1) is 9.45. The summed E-state index contributed by atoms with van der Waals surface area (Å²) in [5.74, 6) is 0. The average Bonchev–Trinajstić information content (AvgIpc) is 2.39. The monoisotopic (exact) mass is 296 g/mol. The van der Waals surface area contributed by atoms with Crippen LogP contribution in [0.4, 0.5) is 0 Å². The second kappa shape index (κ2) is 8.02. The summed E-state index contributed by atoms with van der Waals surface area (Å²) >= 11 is 6.11. The maximum atomic E-state index is 6.11. The molecule has 20 heavy (non-hydrogen) atoms. The average molecular weight is 297 g/mol. The number of nitrogens with one attached hydrogen (secondary N) is 1. The van der Waals surface area contributed by atoms with Gasteiger partial charge in [0.05, 0.1) is 0 Å². The molecule has 1 rings (SSSR count). The molecule has 0 heterocycles. The molecule has 0 aliphatic rings. The normalized spacial score (nSPS) is 13.8. The first-order valence-corrected chi connectivity index (χ1v) is 8.06. The van der Waals surface area contributed by atoms with Crippen LogP contribution in [0.3, 0.4) is 0 Å². The van der Waals surface area contributed by atoms with Gasteiger partial charge in [-0.2, -0.15) is 0 Å². The van der Waals surface area contributed by atoms with Crippen LogP contribution in [0.25, 0.3) is 0 Å². The minimum atomic E-state index is 0.113. The Bertz CT molecular complexity index is 400. The Morgan fingerprint density at radius 2 is 1.85 bits per heavy atom. The maximum absolute atomic E-state index is 6.11. The van der Waals surface area contributed by atoms with Gasteiger partial charge in [-0.25, -0.2) is 0 Å². The lowest BCUT2D eigenvalue weighted by Crippen LogP contribution is -2.58. The van der Waals surface area contributed by atoms with Crippen LogP contribution in [0, 0.1) is 0 Å². The molecular weight excluding hydrogens is 268 g/mol. The highest BCUT2D eigenvalue weighted by atomic mass is 35.5. The zero-order valence-electron chi connectivity index (χ0n) is 13.5. The fourth-order valence-electron chi connectivity index (χ4n) is 2.98. The maximum Gasteiger partial charge on any atom is 0.0408 e. The van der Waals surface area contributed by atoms with Gasteiger partial charge < -0.3 is 5.32 Å². The van der Waals surface area contributed by atoms with Gasteiger partial charge in [-0.3, -0.25) is 4.90 Å². The standard InChI is InChI=1S/C17H29ClN2/c1-6-19-16(17(4,5)20(7-2)8-3)13-14-10-9-11-15(18)12-14/h9-12,16,19H,6-8,13H2,1-5H3. The molecule has 0 aromatic heterocycles. The number of hydrogen-bond donors (Lipinski definition) is 1. The van der Waals surface area contributed by atoms with E-state index in [9.17, 15) is 0 Å². The van der Waals surface area contributed by atoms with Crippen LogP contribution in [-0.4, -0.2) is 36.1 Å². The molecule has 0 radical (unpaired) electrons. The van der Waals surface area contributed by atoms with E-state index in [1.165, 1.54) is 5.56 Å². The van der Waals surface area contributed by atoms with E-state index in [2.05, 4.69) is 57.0 Å². The summed E-state index contributed by atoms with van der Waals surface area (Å²) < 4.78 is 0. The summed E-state index contributed by atoms with van der Waals surface area (Å²) in [5, 5.41) is 4.47. The predicted octanol–water partition coefficient (Wildman–Crippen LogP) is 3.98. The van der Waals surface area contributed by atoms with Crippen molar-refractivity contribution in [3.8, 4) is 0 Å². The summed E-state index contributed by atoms with van der Waals surface area (Å²) in [6.07, 6.45) is 0.998. The Hall–Kier alpha value is -0.570. The van der Waals surface area contributed by atoms with E-state index in [-0.39, 0.29) is 5.54 Å². The highest BCUT2D eigenvalue weighted by Gasteiger charge is 2.33. The molecule has 1 atom stereocenters. The van der Waals surface area contributed by atoms with Crippen LogP contribution >= 0.6 is 11.6 Å². The SMILES string of the molecule is CCNC(Cc1cccc(Cl)c1)C(C)(C)N(CC)CC. The van der Waals surface area contributed by atoms with E-state index in [1.807, 2.05) is 12.1 Å². The Morgan fingerprint density at radius 3 is 2.35 bits per heavy atom. The summed E-state index contributed by atoms with van der Waals surface area (Å²) in [4.78, 5) is 2.52. The molecule has 1 N–H and O–H groups in total. The van der Waals surface area contributed by atoms with Gasteiger partial charge in [-0.15, -0.1) is 0 Å². The van der Waals surface area contributed by atoms with Crippen molar-refractivity contribution in [2.45, 2.75) is 52.6 Å². The number of benzene rings is 1. The fourth-order valence-corrected chi connectivity index (χ4v) is 3.19. The van der Waals surface area contributed by atoms with E-state index in [0.29, 0.717) is 6.04 Å². The van der Waals surface area contributed by atoms with Crippen molar-refractivity contribution in [1.82, 2.24) is 10.2 Å². The first-order valence-electron chi connectivity index (χ1n) is 7.68. The van der Waals surface area contributed by atoms with Gasteiger partial charge in [-0.05, 0) is 57.6 Å².